The third kappa shape index (κ3) is 7.59. The lowest BCUT2D eigenvalue weighted by atomic mass is 9.99. The Morgan fingerprint density at radius 1 is 1.12 bits per heavy atom. The standard InChI is InChI=1S/C20H33N3O2/c1-6-8-9-16(7-2)13-21-20(25)23-18-12-17(11-10-15(18)5)22-19(24)14(3)4/h10-12,14,16H,6-9,13H2,1-5H3,(H,22,24)(H2,21,23,25). The lowest BCUT2D eigenvalue weighted by molar-refractivity contribution is -0.118. The number of urea groups is 1. The number of carbonyl (C=O) groups excluding carboxylic acids is 2. The molecule has 0 bridgehead atoms. The second-order valence-electron chi connectivity index (χ2n) is 6.93. The molecule has 0 aromatic heterocycles. The molecule has 0 spiro atoms. The fourth-order valence-corrected chi connectivity index (χ4v) is 2.47. The van der Waals surface area contributed by atoms with Gasteiger partial charge in [-0.1, -0.05) is 53.0 Å². The second-order valence-corrected chi connectivity index (χ2v) is 6.93. The van der Waals surface area contributed by atoms with Gasteiger partial charge in [-0.3, -0.25) is 4.79 Å². The van der Waals surface area contributed by atoms with Crippen LogP contribution in [0.15, 0.2) is 18.2 Å². The molecular weight excluding hydrogens is 314 g/mol. The molecule has 1 rings (SSSR count). The molecule has 3 N–H and O–H groups in total. The fraction of sp³-hybridized carbons (Fsp3) is 0.600. The number of anilines is 2. The van der Waals surface area contributed by atoms with E-state index in [0.717, 1.165) is 18.4 Å². The summed E-state index contributed by atoms with van der Waals surface area (Å²) >= 11 is 0. The predicted octanol–water partition coefficient (Wildman–Crippen LogP) is 4.93. The van der Waals surface area contributed by atoms with Crippen LogP contribution in [0.5, 0.6) is 0 Å². The summed E-state index contributed by atoms with van der Waals surface area (Å²) in [5, 5.41) is 8.70. The summed E-state index contributed by atoms with van der Waals surface area (Å²) in [6.07, 6.45) is 4.58. The van der Waals surface area contributed by atoms with Gasteiger partial charge in [0, 0.05) is 23.8 Å². The number of hydrogen-bond donors (Lipinski definition) is 3. The molecule has 0 fully saturated rings. The Kier molecular flexibility index (Phi) is 9.03. The van der Waals surface area contributed by atoms with Crippen LogP contribution in [0, 0.1) is 18.8 Å². The van der Waals surface area contributed by atoms with E-state index in [1.54, 1.807) is 6.07 Å². The maximum atomic E-state index is 12.2. The maximum absolute atomic E-state index is 12.2. The Morgan fingerprint density at radius 2 is 1.84 bits per heavy atom. The van der Waals surface area contributed by atoms with E-state index in [0.29, 0.717) is 23.8 Å². The van der Waals surface area contributed by atoms with Crippen molar-refractivity contribution in [1.29, 1.82) is 0 Å². The average Bonchev–Trinajstić information content (AvgIpc) is 2.58. The maximum Gasteiger partial charge on any atom is 0.319 e. The molecule has 0 heterocycles. The van der Waals surface area contributed by atoms with Crippen LogP contribution in [0.2, 0.25) is 0 Å². The third-order valence-electron chi connectivity index (χ3n) is 4.37. The Balaban J connectivity index is 2.62. The van der Waals surface area contributed by atoms with E-state index in [1.165, 1.54) is 12.8 Å². The number of carbonyl (C=O) groups is 2. The normalized spacial score (nSPS) is 11.9. The van der Waals surface area contributed by atoms with Gasteiger partial charge in [-0.15, -0.1) is 0 Å². The zero-order valence-electron chi connectivity index (χ0n) is 16.2. The summed E-state index contributed by atoms with van der Waals surface area (Å²) in [4.78, 5) is 24.0. The molecule has 1 aromatic rings. The molecule has 0 saturated heterocycles. The Morgan fingerprint density at radius 3 is 2.44 bits per heavy atom. The van der Waals surface area contributed by atoms with E-state index in [1.807, 2.05) is 32.9 Å². The van der Waals surface area contributed by atoms with Crippen molar-refractivity contribution < 1.29 is 9.59 Å². The first kappa shape index (κ1) is 21.0. The first-order chi connectivity index (χ1) is 11.9. The summed E-state index contributed by atoms with van der Waals surface area (Å²) in [5.74, 6) is 0.388. The van der Waals surface area contributed by atoms with Crippen LogP contribution in [-0.2, 0) is 4.79 Å². The van der Waals surface area contributed by atoms with Crippen molar-refractivity contribution in [2.75, 3.05) is 17.2 Å². The molecule has 1 atom stereocenters. The molecule has 140 valence electrons. The van der Waals surface area contributed by atoms with Crippen LogP contribution < -0.4 is 16.0 Å². The summed E-state index contributed by atoms with van der Waals surface area (Å²) in [6.45, 7) is 10.6. The van der Waals surface area contributed by atoms with Crippen molar-refractivity contribution in [2.45, 2.75) is 60.3 Å². The average molecular weight is 348 g/mol. The number of nitrogens with one attached hydrogen (secondary N) is 3. The minimum absolute atomic E-state index is 0.0408. The highest BCUT2D eigenvalue weighted by atomic mass is 16.2. The van der Waals surface area contributed by atoms with Crippen LogP contribution >= 0.6 is 0 Å². The molecule has 0 aliphatic heterocycles. The Labute approximate surface area is 152 Å². The molecule has 1 aromatic carbocycles. The van der Waals surface area contributed by atoms with Crippen LogP contribution in [0.3, 0.4) is 0 Å². The molecule has 0 aliphatic rings. The zero-order chi connectivity index (χ0) is 18.8. The highest BCUT2D eigenvalue weighted by Crippen LogP contribution is 2.21. The number of unbranched alkanes of at least 4 members (excludes halogenated alkanes) is 1. The van der Waals surface area contributed by atoms with Crippen LogP contribution in [0.25, 0.3) is 0 Å². The van der Waals surface area contributed by atoms with Gasteiger partial charge in [-0.25, -0.2) is 4.79 Å². The minimum Gasteiger partial charge on any atom is -0.338 e. The Hall–Kier alpha value is -2.04. The van der Waals surface area contributed by atoms with E-state index < -0.39 is 0 Å². The highest BCUT2D eigenvalue weighted by Gasteiger charge is 2.11. The molecular formula is C20H33N3O2. The van der Waals surface area contributed by atoms with E-state index >= 15 is 0 Å². The summed E-state index contributed by atoms with van der Waals surface area (Å²) in [7, 11) is 0. The van der Waals surface area contributed by atoms with Gasteiger partial charge >= 0.3 is 6.03 Å². The molecule has 5 nitrogen and oxygen atoms in total. The van der Waals surface area contributed by atoms with Gasteiger partial charge in [-0.2, -0.15) is 0 Å². The monoisotopic (exact) mass is 347 g/mol. The lowest BCUT2D eigenvalue weighted by Crippen LogP contribution is -2.33. The topological polar surface area (TPSA) is 70.2 Å². The van der Waals surface area contributed by atoms with Crippen molar-refractivity contribution >= 4 is 23.3 Å². The fourth-order valence-electron chi connectivity index (χ4n) is 2.47. The van der Waals surface area contributed by atoms with E-state index in [4.69, 9.17) is 0 Å². The van der Waals surface area contributed by atoms with Crippen molar-refractivity contribution in [1.82, 2.24) is 5.32 Å². The summed E-state index contributed by atoms with van der Waals surface area (Å²) in [6, 6.07) is 5.33. The molecule has 0 radical (unpaired) electrons. The van der Waals surface area contributed by atoms with Crippen LogP contribution in [-0.4, -0.2) is 18.5 Å². The smallest absolute Gasteiger partial charge is 0.319 e. The summed E-state index contributed by atoms with van der Waals surface area (Å²) < 4.78 is 0. The van der Waals surface area contributed by atoms with E-state index in [2.05, 4.69) is 29.8 Å². The van der Waals surface area contributed by atoms with Gasteiger partial charge in [0.1, 0.15) is 0 Å². The van der Waals surface area contributed by atoms with Crippen molar-refractivity contribution in [3.63, 3.8) is 0 Å². The molecule has 1 unspecified atom stereocenters. The number of hydrogen-bond acceptors (Lipinski definition) is 2. The molecule has 5 heteroatoms. The van der Waals surface area contributed by atoms with Gasteiger partial charge < -0.3 is 16.0 Å². The third-order valence-corrected chi connectivity index (χ3v) is 4.37. The van der Waals surface area contributed by atoms with Gasteiger partial charge in [0.2, 0.25) is 5.91 Å². The highest BCUT2D eigenvalue weighted by molar-refractivity contribution is 5.94. The SMILES string of the molecule is CCCCC(CC)CNC(=O)Nc1cc(NC(=O)C(C)C)ccc1C. The quantitative estimate of drug-likeness (QED) is 0.593. The zero-order valence-corrected chi connectivity index (χ0v) is 16.2. The minimum atomic E-state index is -0.203. The second kappa shape index (κ2) is 10.7. The number of aryl methyl sites for hydroxylation is 1. The van der Waals surface area contributed by atoms with Crippen molar-refractivity contribution in [3.05, 3.63) is 23.8 Å². The number of benzene rings is 1. The van der Waals surface area contributed by atoms with Gasteiger partial charge in [0.25, 0.3) is 0 Å². The van der Waals surface area contributed by atoms with E-state index in [-0.39, 0.29) is 17.9 Å². The predicted molar refractivity (Wildman–Crippen MR) is 105 cm³/mol. The molecule has 3 amide bonds. The van der Waals surface area contributed by atoms with Crippen LogP contribution in [0.4, 0.5) is 16.2 Å². The van der Waals surface area contributed by atoms with Gasteiger partial charge in [-0.05, 0) is 37.0 Å². The van der Waals surface area contributed by atoms with E-state index in [9.17, 15) is 9.59 Å². The molecule has 25 heavy (non-hydrogen) atoms. The summed E-state index contributed by atoms with van der Waals surface area (Å²) in [5.41, 5.74) is 2.35. The Bertz CT molecular complexity index is 570. The molecule has 0 saturated carbocycles. The lowest BCUT2D eigenvalue weighted by Gasteiger charge is -2.17. The van der Waals surface area contributed by atoms with Crippen molar-refractivity contribution in [3.8, 4) is 0 Å². The first-order valence-electron chi connectivity index (χ1n) is 9.33. The van der Waals surface area contributed by atoms with Crippen molar-refractivity contribution in [2.24, 2.45) is 11.8 Å². The first-order valence-corrected chi connectivity index (χ1v) is 9.33. The van der Waals surface area contributed by atoms with Crippen LogP contribution in [0.1, 0.15) is 58.9 Å². The van der Waals surface area contributed by atoms with Gasteiger partial charge in [0.15, 0.2) is 0 Å². The molecule has 0 aliphatic carbocycles. The number of amides is 3. The van der Waals surface area contributed by atoms with Gasteiger partial charge in [0.05, 0.1) is 0 Å². The largest absolute Gasteiger partial charge is 0.338 e. The number of rotatable bonds is 9.